The maximum Gasteiger partial charge on any atom is 0.338 e. The Hall–Kier alpha value is -3.28. The van der Waals surface area contributed by atoms with Crippen molar-refractivity contribution in [2.45, 2.75) is 42.5 Å². The quantitative estimate of drug-likeness (QED) is 0.379. The largest absolute Gasteiger partial charge is 0.440 e. The number of rotatable bonds is 5. The molecule has 2 amide bonds. The molecule has 5 N–H and O–H groups in total. The van der Waals surface area contributed by atoms with Gasteiger partial charge in [-0.15, -0.1) is 0 Å². The first-order chi connectivity index (χ1) is 15.6. The van der Waals surface area contributed by atoms with Crippen molar-refractivity contribution in [2.75, 3.05) is 0 Å². The molecule has 1 aromatic heterocycles. The molecule has 0 bridgehead atoms. The summed E-state index contributed by atoms with van der Waals surface area (Å²) in [5, 5.41) is 15.5. The highest BCUT2D eigenvalue weighted by Gasteiger charge is 2.31. The molecule has 3 aromatic rings. The van der Waals surface area contributed by atoms with Gasteiger partial charge >= 0.3 is 6.03 Å². The fraction of sp³-hybridized carbons (Fsp3) is 0.273. The maximum absolute atomic E-state index is 13.5. The Morgan fingerprint density at radius 3 is 2.15 bits per heavy atom. The van der Waals surface area contributed by atoms with Crippen LogP contribution in [0.25, 0.3) is 22.6 Å². The fourth-order valence-electron chi connectivity index (χ4n) is 4.05. The molecule has 0 radical (unpaired) electrons. The normalized spacial score (nSPS) is 18.8. The number of carbonyl (C=O) groups excluding carboxylic acids is 1. The van der Waals surface area contributed by atoms with E-state index >= 15 is 0 Å². The third kappa shape index (κ3) is 4.90. The number of halogens is 1. The second-order valence-corrected chi connectivity index (χ2v) is 9.56. The van der Waals surface area contributed by atoms with E-state index in [2.05, 4.69) is 4.98 Å². The minimum atomic E-state index is -3.84. The van der Waals surface area contributed by atoms with Gasteiger partial charge in [-0.2, -0.15) is 0 Å². The first-order valence-electron chi connectivity index (χ1n) is 10.3. The van der Waals surface area contributed by atoms with Crippen LogP contribution in [0.3, 0.4) is 0 Å². The van der Waals surface area contributed by atoms with E-state index in [9.17, 15) is 22.8 Å². The van der Waals surface area contributed by atoms with Gasteiger partial charge in [-0.05, 0) is 74.2 Å². The first-order valence-corrected chi connectivity index (χ1v) is 11.9. The predicted molar refractivity (Wildman–Crippen MR) is 117 cm³/mol. The minimum absolute atomic E-state index is 0.0318. The van der Waals surface area contributed by atoms with Gasteiger partial charge in [0.1, 0.15) is 11.5 Å². The summed E-state index contributed by atoms with van der Waals surface area (Å²) < 4.78 is 42.8. The molecule has 174 valence electrons. The van der Waals surface area contributed by atoms with Crippen molar-refractivity contribution in [1.82, 2.24) is 10.0 Å². The number of nitrogens with two attached hydrogens (primary N) is 2. The number of hydrogen-bond acceptors (Lipinski definition) is 6. The number of primary sulfonamides is 1. The van der Waals surface area contributed by atoms with Gasteiger partial charge in [-0.3, -0.25) is 5.21 Å². The molecule has 0 aliphatic heterocycles. The SMILES string of the molecule is NC(=O)N(O)C1CCC(c2nc(-c3ccc(F)cc3)c(-c3ccc(S(N)(=O)=O)cc3)o2)CC1. The molecule has 0 spiro atoms. The van der Waals surface area contributed by atoms with E-state index < -0.39 is 16.1 Å². The summed E-state index contributed by atoms with van der Waals surface area (Å²) in [7, 11) is -3.84. The zero-order chi connectivity index (χ0) is 23.8. The molecule has 33 heavy (non-hydrogen) atoms. The molecular weight excluding hydrogens is 451 g/mol. The fourth-order valence-corrected chi connectivity index (χ4v) is 4.57. The van der Waals surface area contributed by atoms with E-state index in [1.807, 2.05) is 0 Å². The van der Waals surface area contributed by atoms with Crippen molar-refractivity contribution in [3.63, 3.8) is 0 Å². The summed E-state index contributed by atoms with van der Waals surface area (Å²) in [4.78, 5) is 15.9. The maximum atomic E-state index is 13.5. The zero-order valence-corrected chi connectivity index (χ0v) is 18.3. The molecule has 1 aliphatic carbocycles. The molecule has 1 aliphatic rings. The number of nitrogens with zero attached hydrogens (tertiary/aromatic N) is 2. The summed E-state index contributed by atoms with van der Waals surface area (Å²) in [5.41, 5.74) is 6.87. The first kappa shape index (κ1) is 22.9. The van der Waals surface area contributed by atoms with Gasteiger partial charge in [0.05, 0.1) is 10.9 Å². The number of primary amides is 1. The van der Waals surface area contributed by atoms with Crippen molar-refractivity contribution < 1.29 is 27.2 Å². The van der Waals surface area contributed by atoms with E-state index in [1.165, 1.54) is 24.3 Å². The molecule has 11 heteroatoms. The lowest BCUT2D eigenvalue weighted by Crippen LogP contribution is -2.42. The highest BCUT2D eigenvalue weighted by molar-refractivity contribution is 7.89. The molecule has 2 aromatic carbocycles. The van der Waals surface area contributed by atoms with Crippen LogP contribution in [0.2, 0.25) is 0 Å². The van der Waals surface area contributed by atoms with Gasteiger partial charge < -0.3 is 10.2 Å². The van der Waals surface area contributed by atoms with Gasteiger partial charge in [-0.25, -0.2) is 32.8 Å². The Kier molecular flexibility index (Phi) is 6.19. The van der Waals surface area contributed by atoms with E-state index in [-0.39, 0.29) is 22.7 Å². The number of oxazole rings is 1. The zero-order valence-electron chi connectivity index (χ0n) is 17.5. The topological polar surface area (TPSA) is 153 Å². The molecule has 1 saturated carbocycles. The number of carbonyl (C=O) groups is 1. The van der Waals surface area contributed by atoms with Crippen molar-refractivity contribution in [2.24, 2.45) is 10.9 Å². The number of aromatic nitrogens is 1. The second-order valence-electron chi connectivity index (χ2n) is 7.99. The number of hydroxylamine groups is 2. The van der Waals surface area contributed by atoms with Crippen LogP contribution in [-0.4, -0.2) is 35.7 Å². The van der Waals surface area contributed by atoms with Crippen molar-refractivity contribution in [1.29, 1.82) is 0 Å². The van der Waals surface area contributed by atoms with Crippen LogP contribution in [0.4, 0.5) is 9.18 Å². The Balaban J connectivity index is 1.68. The van der Waals surface area contributed by atoms with Gasteiger partial charge in [0.25, 0.3) is 0 Å². The number of amides is 2. The van der Waals surface area contributed by atoms with Crippen LogP contribution in [-0.2, 0) is 10.0 Å². The molecule has 0 saturated heterocycles. The summed E-state index contributed by atoms with van der Waals surface area (Å²) in [6.07, 6.45) is 2.28. The Labute approximate surface area is 189 Å². The van der Waals surface area contributed by atoms with E-state index in [4.69, 9.17) is 15.3 Å². The van der Waals surface area contributed by atoms with Crippen molar-refractivity contribution in [3.8, 4) is 22.6 Å². The third-order valence-electron chi connectivity index (χ3n) is 5.82. The molecular formula is C22H23FN4O5S. The lowest BCUT2D eigenvalue weighted by molar-refractivity contribution is -0.0854. The van der Waals surface area contributed by atoms with Crippen LogP contribution >= 0.6 is 0 Å². The van der Waals surface area contributed by atoms with Gasteiger partial charge in [0, 0.05) is 17.0 Å². The number of benzene rings is 2. The number of sulfonamides is 1. The van der Waals surface area contributed by atoms with Gasteiger partial charge in [0.2, 0.25) is 10.0 Å². The predicted octanol–water partition coefficient (Wildman–Crippen LogP) is 3.59. The molecule has 4 rings (SSSR count). The highest BCUT2D eigenvalue weighted by atomic mass is 32.2. The Bertz CT molecular complexity index is 1250. The van der Waals surface area contributed by atoms with Crippen LogP contribution in [0.5, 0.6) is 0 Å². The smallest absolute Gasteiger partial charge is 0.338 e. The monoisotopic (exact) mass is 474 g/mol. The summed E-state index contributed by atoms with van der Waals surface area (Å²) in [6, 6.07) is 10.5. The average Bonchev–Trinajstić information content (AvgIpc) is 3.24. The molecule has 0 unspecified atom stereocenters. The van der Waals surface area contributed by atoms with Crippen molar-refractivity contribution >= 4 is 16.1 Å². The van der Waals surface area contributed by atoms with E-state index in [0.717, 1.165) is 0 Å². The summed E-state index contributed by atoms with van der Waals surface area (Å²) in [6.45, 7) is 0. The van der Waals surface area contributed by atoms with Crippen LogP contribution < -0.4 is 10.9 Å². The van der Waals surface area contributed by atoms with Gasteiger partial charge in [0.15, 0.2) is 11.7 Å². The molecule has 9 nitrogen and oxygen atoms in total. The molecule has 1 heterocycles. The number of urea groups is 1. The second kappa shape index (κ2) is 8.93. The average molecular weight is 475 g/mol. The lowest BCUT2D eigenvalue weighted by atomic mass is 9.86. The Morgan fingerprint density at radius 1 is 1.03 bits per heavy atom. The number of hydrogen-bond donors (Lipinski definition) is 3. The van der Waals surface area contributed by atoms with Crippen LogP contribution in [0.1, 0.15) is 37.5 Å². The third-order valence-corrected chi connectivity index (χ3v) is 6.75. The van der Waals surface area contributed by atoms with Crippen LogP contribution in [0.15, 0.2) is 57.8 Å². The minimum Gasteiger partial charge on any atom is -0.440 e. The van der Waals surface area contributed by atoms with E-state index in [1.54, 1.807) is 24.3 Å². The van der Waals surface area contributed by atoms with E-state index in [0.29, 0.717) is 59.2 Å². The van der Waals surface area contributed by atoms with Crippen molar-refractivity contribution in [3.05, 3.63) is 60.2 Å². The summed E-state index contributed by atoms with van der Waals surface area (Å²) >= 11 is 0. The van der Waals surface area contributed by atoms with Crippen LogP contribution in [0, 0.1) is 5.82 Å². The Morgan fingerprint density at radius 2 is 1.61 bits per heavy atom. The standard InChI is InChI=1S/C22H23FN4O5S/c23-16-7-1-13(2-8-16)19-20(14-5-11-18(12-6-14)33(25,30)31)32-21(26-19)15-3-9-17(10-4-15)27(29)22(24)28/h1-2,5-8,11-12,15,17,29H,3-4,9-10H2,(H2,24,28)(H2,25,30,31). The van der Waals surface area contributed by atoms with Gasteiger partial charge in [-0.1, -0.05) is 0 Å². The highest BCUT2D eigenvalue weighted by Crippen LogP contribution is 2.40. The molecule has 0 atom stereocenters. The molecule has 1 fully saturated rings. The lowest BCUT2D eigenvalue weighted by Gasteiger charge is -2.30. The summed E-state index contributed by atoms with van der Waals surface area (Å²) in [5.74, 6) is 0.449.